The van der Waals surface area contributed by atoms with E-state index in [1.165, 1.54) is 18.7 Å². The normalized spacial score (nSPS) is 20.0. The van der Waals surface area contributed by atoms with Gasteiger partial charge in [0.1, 0.15) is 5.78 Å². The van der Waals surface area contributed by atoms with E-state index < -0.39 is 24.1 Å². The van der Waals surface area contributed by atoms with Gasteiger partial charge in [-0.1, -0.05) is 60.7 Å². The summed E-state index contributed by atoms with van der Waals surface area (Å²) in [7, 11) is 0. The van der Waals surface area contributed by atoms with Crippen molar-refractivity contribution < 1.29 is 24.2 Å². The third-order valence-electron chi connectivity index (χ3n) is 6.37. The number of ketones is 1. The fraction of sp³-hybridized carbons (Fsp3) is 0.370. The first-order valence-electron chi connectivity index (χ1n) is 11.5. The van der Waals surface area contributed by atoms with Crippen molar-refractivity contribution in [1.29, 1.82) is 0 Å². The van der Waals surface area contributed by atoms with Crippen LogP contribution >= 0.6 is 11.8 Å². The first-order valence-corrected chi connectivity index (χ1v) is 12.7. The fourth-order valence-corrected chi connectivity index (χ4v) is 5.55. The van der Waals surface area contributed by atoms with Crippen molar-refractivity contribution in [1.82, 2.24) is 5.32 Å². The van der Waals surface area contributed by atoms with Gasteiger partial charge in [-0.3, -0.25) is 9.59 Å². The van der Waals surface area contributed by atoms with Gasteiger partial charge in [0.05, 0.1) is 12.0 Å². The number of carbonyl (C=O) groups is 3. The van der Waals surface area contributed by atoms with Crippen molar-refractivity contribution in [2.45, 2.75) is 32.0 Å². The molecule has 3 unspecified atom stereocenters. The van der Waals surface area contributed by atoms with Crippen molar-refractivity contribution in [3.05, 3.63) is 82.9 Å². The van der Waals surface area contributed by atoms with Crippen LogP contribution in [0.5, 0.6) is 0 Å². The van der Waals surface area contributed by atoms with Crippen LogP contribution in [0.2, 0.25) is 0 Å². The second kappa shape index (κ2) is 11.0. The minimum Gasteiger partial charge on any atom is -0.449 e. The maximum Gasteiger partial charge on any atom is 0.335 e. The minimum absolute atomic E-state index is 0.0356. The number of benzene rings is 2. The van der Waals surface area contributed by atoms with Crippen LogP contribution in [0.3, 0.4) is 0 Å². The highest BCUT2D eigenvalue weighted by Gasteiger charge is 2.51. The summed E-state index contributed by atoms with van der Waals surface area (Å²) in [6.45, 7) is 1.98. The molecular weight excluding hydrogens is 450 g/mol. The molecule has 0 aromatic heterocycles. The molecule has 0 saturated heterocycles. The van der Waals surface area contributed by atoms with E-state index in [4.69, 9.17) is 4.74 Å². The maximum absolute atomic E-state index is 13.5. The zero-order valence-corrected chi connectivity index (χ0v) is 19.9. The lowest BCUT2D eigenvalue weighted by atomic mass is 9.72. The highest BCUT2D eigenvalue weighted by Crippen LogP contribution is 2.49. The van der Waals surface area contributed by atoms with Crippen molar-refractivity contribution in [3.63, 3.8) is 0 Å². The summed E-state index contributed by atoms with van der Waals surface area (Å²) < 4.78 is 6.04. The molecule has 0 spiro atoms. The van der Waals surface area contributed by atoms with Gasteiger partial charge in [0.2, 0.25) is 5.91 Å². The molecule has 2 aliphatic carbocycles. The average Bonchev–Trinajstić information content (AvgIpc) is 3.16. The van der Waals surface area contributed by atoms with Crippen LogP contribution in [0.1, 0.15) is 37.0 Å². The molecule has 34 heavy (non-hydrogen) atoms. The number of fused-ring (bicyclic) bond motifs is 1. The molecule has 1 saturated carbocycles. The van der Waals surface area contributed by atoms with E-state index in [0.717, 1.165) is 11.1 Å². The van der Waals surface area contributed by atoms with Gasteiger partial charge in [-0.25, -0.2) is 4.79 Å². The van der Waals surface area contributed by atoms with Crippen LogP contribution in [-0.2, 0) is 19.1 Å². The molecular formula is C27H29NO5S. The monoisotopic (exact) mass is 479 g/mol. The number of hydrogen-bond donors (Lipinski definition) is 2. The van der Waals surface area contributed by atoms with Crippen LogP contribution in [0, 0.1) is 11.8 Å². The minimum atomic E-state index is -0.838. The largest absolute Gasteiger partial charge is 0.449 e. The Kier molecular flexibility index (Phi) is 7.85. The van der Waals surface area contributed by atoms with E-state index in [1.54, 1.807) is 0 Å². The summed E-state index contributed by atoms with van der Waals surface area (Å²) in [5, 5.41) is 13.6. The number of Topliss-reactive ketones (excluding diaryl/α,β-unsaturated/α-hetero) is 1. The van der Waals surface area contributed by atoms with Crippen molar-refractivity contribution in [2.24, 2.45) is 11.8 Å². The molecule has 1 amide bonds. The van der Waals surface area contributed by atoms with E-state index in [2.05, 4.69) is 5.32 Å². The van der Waals surface area contributed by atoms with Crippen LogP contribution < -0.4 is 5.32 Å². The summed E-state index contributed by atoms with van der Waals surface area (Å²) in [6.07, 6.45) is -0.471. The second-order valence-electron chi connectivity index (χ2n) is 8.73. The summed E-state index contributed by atoms with van der Waals surface area (Å²) in [5.41, 5.74) is 2.64. The summed E-state index contributed by atoms with van der Waals surface area (Å²) in [4.78, 5) is 36.9. The highest BCUT2D eigenvalue weighted by molar-refractivity contribution is 7.99. The Bertz CT molecular complexity index is 1030. The van der Waals surface area contributed by atoms with Crippen molar-refractivity contribution >= 4 is 29.4 Å². The Morgan fingerprint density at radius 2 is 1.68 bits per heavy atom. The molecule has 0 radical (unpaired) electrons. The van der Waals surface area contributed by atoms with Gasteiger partial charge in [0.25, 0.3) is 0 Å². The maximum atomic E-state index is 13.5. The van der Waals surface area contributed by atoms with E-state index in [1.807, 2.05) is 60.7 Å². The van der Waals surface area contributed by atoms with Gasteiger partial charge in [-0.15, -0.1) is 0 Å². The molecule has 3 atom stereocenters. The molecule has 0 aliphatic heterocycles. The number of nitrogens with one attached hydrogen (secondary N) is 1. The van der Waals surface area contributed by atoms with Crippen molar-refractivity contribution in [3.8, 4) is 0 Å². The number of esters is 1. The van der Waals surface area contributed by atoms with E-state index in [-0.39, 0.29) is 17.6 Å². The second-order valence-corrected chi connectivity index (χ2v) is 9.88. The van der Waals surface area contributed by atoms with Gasteiger partial charge in [-0.05, 0) is 29.0 Å². The molecule has 2 aromatic rings. The Labute approximate surface area is 203 Å². The summed E-state index contributed by atoms with van der Waals surface area (Å²) in [6, 6.07) is 19.0. The van der Waals surface area contributed by atoms with E-state index in [0.29, 0.717) is 42.0 Å². The smallest absolute Gasteiger partial charge is 0.335 e. The van der Waals surface area contributed by atoms with Crippen LogP contribution in [-0.4, -0.2) is 46.9 Å². The number of ether oxygens (including phenoxy) is 1. The third kappa shape index (κ3) is 5.42. The predicted octanol–water partition coefficient (Wildman–Crippen LogP) is 3.45. The Morgan fingerprint density at radius 1 is 1.06 bits per heavy atom. The molecule has 2 aliphatic rings. The first kappa shape index (κ1) is 24.2. The summed E-state index contributed by atoms with van der Waals surface area (Å²) >= 11 is 1.50. The van der Waals surface area contributed by atoms with E-state index in [9.17, 15) is 19.5 Å². The lowest BCUT2D eigenvalue weighted by Crippen LogP contribution is -2.37. The molecule has 0 bridgehead atoms. The van der Waals surface area contributed by atoms with Crippen LogP contribution in [0.15, 0.2) is 71.8 Å². The molecule has 4 rings (SSSR count). The number of hydrogen-bond acceptors (Lipinski definition) is 6. The number of carbonyl (C=O) groups excluding carboxylic acids is 3. The molecule has 178 valence electrons. The first-order chi connectivity index (χ1) is 16.5. The Balaban J connectivity index is 1.54. The zero-order chi connectivity index (χ0) is 24.1. The average molecular weight is 480 g/mol. The molecule has 1 fully saturated rings. The molecule has 6 nitrogen and oxygen atoms in total. The molecule has 7 heteroatoms. The van der Waals surface area contributed by atoms with Gasteiger partial charge >= 0.3 is 5.97 Å². The number of aliphatic hydroxyl groups excluding tert-OH is 1. The molecule has 2 aromatic carbocycles. The number of thioether (sulfide) groups is 1. The number of aliphatic hydroxyl groups is 1. The van der Waals surface area contributed by atoms with Gasteiger partial charge < -0.3 is 15.2 Å². The predicted molar refractivity (Wildman–Crippen MR) is 131 cm³/mol. The quantitative estimate of drug-likeness (QED) is 0.401. The Morgan fingerprint density at radius 3 is 2.24 bits per heavy atom. The van der Waals surface area contributed by atoms with Gasteiger partial charge in [-0.2, -0.15) is 11.8 Å². The highest BCUT2D eigenvalue weighted by atomic mass is 32.2. The zero-order valence-electron chi connectivity index (χ0n) is 19.1. The number of rotatable bonds is 10. The lowest BCUT2D eigenvalue weighted by Gasteiger charge is -2.30. The number of amides is 1. The van der Waals surface area contributed by atoms with Gasteiger partial charge in [0, 0.05) is 37.0 Å². The van der Waals surface area contributed by atoms with E-state index >= 15 is 0 Å². The topological polar surface area (TPSA) is 92.7 Å². The summed E-state index contributed by atoms with van der Waals surface area (Å²) in [5.74, 6) is 0.0412. The lowest BCUT2D eigenvalue weighted by molar-refractivity contribution is -0.146. The molecule has 0 heterocycles. The standard InChI is InChI=1S/C27H29NO5S/c1-17(29)28-12-13-34-16-23(31)21-14-20-15-22(30)24(20)25(21)27(32)33-26(18-8-4-2-5-9-18)19-10-6-3-7-11-19/h2-11,20,23-24,26,31H,12-16H2,1H3,(H,28,29). The van der Waals surface area contributed by atoms with Crippen LogP contribution in [0.25, 0.3) is 0 Å². The fourth-order valence-electron chi connectivity index (χ4n) is 4.71. The van der Waals surface area contributed by atoms with Gasteiger partial charge in [0.15, 0.2) is 6.10 Å². The van der Waals surface area contributed by atoms with Crippen LogP contribution in [0.4, 0.5) is 0 Å². The Hall–Kier alpha value is -2.90. The third-order valence-corrected chi connectivity index (χ3v) is 7.41. The SMILES string of the molecule is CC(=O)NCCSCC(O)C1=C(C(=O)OC(c2ccccc2)c2ccccc2)C2C(=O)CC2C1. The molecule has 2 N–H and O–H groups in total. The van der Waals surface area contributed by atoms with Crippen molar-refractivity contribution in [2.75, 3.05) is 18.1 Å².